The summed E-state index contributed by atoms with van der Waals surface area (Å²) in [6.45, 7) is 5.92. The molecule has 9 heteroatoms. The van der Waals surface area contributed by atoms with Crippen LogP contribution < -0.4 is 10.6 Å². The van der Waals surface area contributed by atoms with E-state index < -0.39 is 6.03 Å². The van der Waals surface area contributed by atoms with Gasteiger partial charge in [0.15, 0.2) is 0 Å². The molecule has 0 aliphatic heterocycles. The molecule has 8 nitrogen and oxygen atoms in total. The topological polar surface area (TPSA) is 103 Å². The van der Waals surface area contributed by atoms with E-state index in [0.717, 1.165) is 11.4 Å². The van der Waals surface area contributed by atoms with E-state index in [2.05, 4.69) is 15.7 Å². The van der Waals surface area contributed by atoms with Crippen LogP contribution >= 0.6 is 11.6 Å². The minimum Gasteiger partial charge on any atom is -0.318 e. The predicted molar refractivity (Wildman–Crippen MR) is 129 cm³/mol. The van der Waals surface area contributed by atoms with Gasteiger partial charge in [0.05, 0.1) is 23.0 Å². The van der Waals surface area contributed by atoms with Gasteiger partial charge in [0.25, 0.3) is 0 Å². The molecule has 0 aliphatic carbocycles. The van der Waals surface area contributed by atoms with Crippen LogP contribution in [-0.4, -0.2) is 40.2 Å². The second-order valence-corrected chi connectivity index (χ2v) is 9.02. The summed E-state index contributed by atoms with van der Waals surface area (Å²) < 4.78 is 1.64. The van der Waals surface area contributed by atoms with Gasteiger partial charge >= 0.3 is 6.03 Å². The zero-order chi connectivity index (χ0) is 24.2. The van der Waals surface area contributed by atoms with E-state index in [1.54, 1.807) is 41.1 Å². The summed E-state index contributed by atoms with van der Waals surface area (Å²) >= 11 is 6.00. The van der Waals surface area contributed by atoms with Gasteiger partial charge in [0.2, 0.25) is 5.91 Å². The Bertz CT molecular complexity index is 1200. The van der Waals surface area contributed by atoms with Crippen molar-refractivity contribution in [2.24, 2.45) is 0 Å². The molecule has 0 atom stereocenters. The van der Waals surface area contributed by atoms with Gasteiger partial charge in [-0.25, -0.2) is 9.48 Å². The van der Waals surface area contributed by atoms with Crippen LogP contribution in [0.25, 0.3) is 5.69 Å². The van der Waals surface area contributed by atoms with Crippen LogP contribution in [0.1, 0.15) is 32.0 Å². The third kappa shape index (κ3) is 6.11. The van der Waals surface area contributed by atoms with Crippen molar-refractivity contribution in [3.05, 3.63) is 70.9 Å². The summed E-state index contributed by atoms with van der Waals surface area (Å²) in [7, 11) is 1.51. The Morgan fingerprint density at radius 1 is 1.12 bits per heavy atom. The number of nitrogens with one attached hydrogen (secondary N) is 2. The molecule has 0 saturated heterocycles. The zero-order valence-corrected chi connectivity index (χ0v) is 19.6. The smallest absolute Gasteiger partial charge is 0.318 e. The summed E-state index contributed by atoms with van der Waals surface area (Å²) in [6.07, 6.45) is 0. The highest BCUT2D eigenvalue weighted by atomic mass is 35.5. The summed E-state index contributed by atoms with van der Waals surface area (Å²) in [5.74, 6) is 0.108. The van der Waals surface area contributed by atoms with E-state index >= 15 is 0 Å². The van der Waals surface area contributed by atoms with E-state index in [4.69, 9.17) is 16.9 Å². The van der Waals surface area contributed by atoms with Crippen LogP contribution in [0.3, 0.4) is 0 Å². The number of hydrogen-bond donors (Lipinski definition) is 2. The third-order valence-electron chi connectivity index (χ3n) is 4.79. The monoisotopic (exact) mass is 464 g/mol. The second-order valence-electron chi connectivity index (χ2n) is 8.58. The molecule has 3 rings (SSSR count). The molecule has 0 unspecified atom stereocenters. The molecule has 0 aliphatic rings. The molecular weight excluding hydrogens is 440 g/mol. The van der Waals surface area contributed by atoms with Gasteiger partial charge < -0.3 is 15.5 Å². The number of likely N-dealkylation sites (N-methyl/N-ethyl adjacent to an activating group) is 1. The van der Waals surface area contributed by atoms with Crippen molar-refractivity contribution in [2.45, 2.75) is 26.2 Å². The van der Waals surface area contributed by atoms with Gasteiger partial charge in [-0.2, -0.15) is 10.4 Å². The first-order chi connectivity index (χ1) is 15.6. The standard InChI is InChI=1S/C24H25ClN6O2/c1-24(2,3)20-13-21(31(29-20)19-10-8-17(25)9-11-19)28-22(32)15-30(4)23(33)27-18-7-5-6-16(12-18)14-26/h5-13H,15H2,1-4H3,(H,27,33)(H,28,32). The molecule has 2 aromatic carbocycles. The molecule has 1 aromatic heterocycles. The Kier molecular flexibility index (Phi) is 7.04. The van der Waals surface area contributed by atoms with Crippen LogP contribution in [0.2, 0.25) is 5.02 Å². The number of aromatic nitrogens is 2. The number of nitrogens with zero attached hydrogens (tertiary/aromatic N) is 4. The average Bonchev–Trinajstić information content (AvgIpc) is 3.18. The molecule has 1 heterocycles. The van der Waals surface area contributed by atoms with Crippen LogP contribution in [0.4, 0.5) is 16.3 Å². The largest absolute Gasteiger partial charge is 0.322 e. The molecule has 33 heavy (non-hydrogen) atoms. The van der Waals surface area contributed by atoms with Crippen molar-refractivity contribution in [3.63, 3.8) is 0 Å². The number of hydrogen-bond acceptors (Lipinski definition) is 4. The highest BCUT2D eigenvalue weighted by molar-refractivity contribution is 6.30. The first kappa shape index (κ1) is 23.8. The number of carbonyl (C=O) groups is 2. The van der Waals surface area contributed by atoms with E-state index in [1.165, 1.54) is 11.9 Å². The van der Waals surface area contributed by atoms with Gasteiger partial charge in [0, 0.05) is 29.2 Å². The van der Waals surface area contributed by atoms with Gasteiger partial charge in [-0.15, -0.1) is 0 Å². The molecule has 3 aromatic rings. The minimum absolute atomic E-state index is 0.180. The van der Waals surface area contributed by atoms with Crippen molar-refractivity contribution < 1.29 is 9.59 Å². The third-order valence-corrected chi connectivity index (χ3v) is 5.04. The summed E-state index contributed by atoms with van der Waals surface area (Å²) in [5.41, 5.74) is 2.22. The van der Waals surface area contributed by atoms with E-state index in [1.807, 2.05) is 45.0 Å². The Hall–Kier alpha value is -3.83. The number of halogens is 1. The van der Waals surface area contributed by atoms with Gasteiger partial charge in [-0.05, 0) is 42.5 Å². The normalized spacial score (nSPS) is 10.9. The summed E-state index contributed by atoms with van der Waals surface area (Å²) in [5, 5.41) is 19.8. The Morgan fingerprint density at radius 3 is 2.45 bits per heavy atom. The lowest BCUT2D eigenvalue weighted by molar-refractivity contribution is -0.116. The fourth-order valence-corrected chi connectivity index (χ4v) is 3.10. The number of carbonyl (C=O) groups excluding carboxylic acids is 2. The molecule has 170 valence electrons. The molecule has 0 spiro atoms. The fourth-order valence-electron chi connectivity index (χ4n) is 2.97. The first-order valence-corrected chi connectivity index (χ1v) is 10.6. The molecule has 0 saturated carbocycles. The van der Waals surface area contributed by atoms with Crippen molar-refractivity contribution in [1.82, 2.24) is 14.7 Å². The van der Waals surface area contributed by atoms with Crippen LogP contribution in [-0.2, 0) is 10.2 Å². The SMILES string of the molecule is CN(CC(=O)Nc1cc(C(C)(C)C)nn1-c1ccc(Cl)cc1)C(=O)Nc1cccc(C#N)c1. The summed E-state index contributed by atoms with van der Waals surface area (Å²) in [4.78, 5) is 26.5. The van der Waals surface area contributed by atoms with Gasteiger partial charge in [-0.3, -0.25) is 4.79 Å². The fraction of sp³-hybridized carbons (Fsp3) is 0.250. The van der Waals surface area contributed by atoms with E-state index in [-0.39, 0.29) is 17.9 Å². The number of anilines is 2. The molecule has 2 N–H and O–H groups in total. The maximum Gasteiger partial charge on any atom is 0.322 e. The second kappa shape index (κ2) is 9.76. The quantitative estimate of drug-likeness (QED) is 0.566. The molecule has 0 radical (unpaired) electrons. The minimum atomic E-state index is -0.471. The van der Waals surface area contributed by atoms with Crippen molar-refractivity contribution >= 4 is 35.0 Å². The molecule has 3 amide bonds. The van der Waals surface area contributed by atoms with E-state index in [9.17, 15) is 9.59 Å². The van der Waals surface area contributed by atoms with Crippen LogP contribution in [0.15, 0.2) is 54.6 Å². The van der Waals surface area contributed by atoms with Crippen molar-refractivity contribution in [1.29, 1.82) is 5.26 Å². The Morgan fingerprint density at radius 2 is 1.82 bits per heavy atom. The van der Waals surface area contributed by atoms with Crippen LogP contribution in [0.5, 0.6) is 0 Å². The molecular formula is C24H25ClN6O2. The number of benzene rings is 2. The Labute approximate surface area is 197 Å². The highest BCUT2D eigenvalue weighted by Gasteiger charge is 2.22. The van der Waals surface area contributed by atoms with Crippen LogP contribution in [0, 0.1) is 11.3 Å². The lowest BCUT2D eigenvalue weighted by atomic mass is 9.92. The highest BCUT2D eigenvalue weighted by Crippen LogP contribution is 2.27. The van der Waals surface area contributed by atoms with Gasteiger partial charge in [0.1, 0.15) is 12.4 Å². The van der Waals surface area contributed by atoms with Crippen molar-refractivity contribution in [2.75, 3.05) is 24.2 Å². The molecule has 0 bridgehead atoms. The maximum absolute atomic E-state index is 12.7. The number of nitriles is 1. The lowest BCUT2D eigenvalue weighted by Crippen LogP contribution is -2.37. The number of amides is 3. The van der Waals surface area contributed by atoms with Gasteiger partial charge in [-0.1, -0.05) is 38.4 Å². The summed E-state index contributed by atoms with van der Waals surface area (Å²) in [6, 6.07) is 17.0. The average molecular weight is 465 g/mol. The first-order valence-electron chi connectivity index (χ1n) is 10.3. The zero-order valence-electron chi connectivity index (χ0n) is 18.9. The van der Waals surface area contributed by atoms with Crippen molar-refractivity contribution in [3.8, 4) is 11.8 Å². The van der Waals surface area contributed by atoms with E-state index in [0.29, 0.717) is 22.1 Å². The lowest BCUT2D eigenvalue weighted by Gasteiger charge is -2.18. The Balaban J connectivity index is 1.73. The predicted octanol–water partition coefficient (Wildman–Crippen LogP) is 4.80. The molecule has 0 fully saturated rings. The number of rotatable bonds is 5. The maximum atomic E-state index is 12.7. The number of urea groups is 1.